The summed E-state index contributed by atoms with van der Waals surface area (Å²) in [7, 11) is 0. The Morgan fingerprint density at radius 2 is 1.44 bits per heavy atom. The molecule has 0 atom stereocenters. The molecule has 0 aliphatic carbocycles. The lowest BCUT2D eigenvalue weighted by molar-refractivity contribution is -0.134. The Labute approximate surface area is 161 Å². The summed E-state index contributed by atoms with van der Waals surface area (Å²) in [5.41, 5.74) is 1.34. The van der Waals surface area contributed by atoms with Crippen LogP contribution in [0.25, 0.3) is 0 Å². The monoisotopic (exact) mass is 373 g/mol. The zero-order chi connectivity index (χ0) is 19.1. The van der Waals surface area contributed by atoms with Gasteiger partial charge < -0.3 is 15.1 Å². The molecular weight excluding hydrogens is 342 g/mol. The predicted octanol–water partition coefficient (Wildman–Crippen LogP) is 0.678. The third-order valence-corrected chi connectivity index (χ3v) is 5.32. The lowest BCUT2D eigenvalue weighted by Crippen LogP contribution is -2.55. The van der Waals surface area contributed by atoms with Gasteiger partial charge in [0.05, 0.1) is 6.54 Å². The van der Waals surface area contributed by atoms with Gasteiger partial charge in [0, 0.05) is 65.4 Å². The fraction of sp³-hybridized carbons (Fsp3) is 0.600. The van der Waals surface area contributed by atoms with Gasteiger partial charge in [0.15, 0.2) is 0 Å². The van der Waals surface area contributed by atoms with E-state index in [1.54, 1.807) is 4.90 Å². The molecule has 3 amide bonds. The number of carbonyl (C=O) groups excluding carboxylic acids is 2. The van der Waals surface area contributed by atoms with Crippen LogP contribution < -0.4 is 5.32 Å². The van der Waals surface area contributed by atoms with Gasteiger partial charge in [0.2, 0.25) is 5.91 Å². The number of nitrogens with zero attached hydrogens (tertiary/aromatic N) is 4. The summed E-state index contributed by atoms with van der Waals surface area (Å²) in [4.78, 5) is 32.8. The van der Waals surface area contributed by atoms with Crippen molar-refractivity contribution in [3.8, 4) is 0 Å². The van der Waals surface area contributed by atoms with Crippen molar-refractivity contribution in [2.75, 3.05) is 65.4 Å². The van der Waals surface area contributed by atoms with E-state index in [1.165, 1.54) is 5.56 Å². The highest BCUT2D eigenvalue weighted by atomic mass is 16.2. The molecule has 27 heavy (non-hydrogen) atoms. The van der Waals surface area contributed by atoms with Crippen LogP contribution in [-0.2, 0) is 11.3 Å². The molecule has 7 nitrogen and oxygen atoms in total. The van der Waals surface area contributed by atoms with E-state index in [4.69, 9.17) is 0 Å². The molecule has 0 saturated carbocycles. The molecule has 0 spiro atoms. The standard InChI is InChI=1S/C20H31N5O2/c1-2-21-20(27)25-14-12-24(13-15-25)19(26)17-23-10-8-22(9-11-23)16-18-6-4-3-5-7-18/h3-7H,2,8-17H2,1H3,(H,21,27). The van der Waals surface area contributed by atoms with Crippen molar-refractivity contribution in [3.63, 3.8) is 0 Å². The third kappa shape index (κ3) is 5.68. The van der Waals surface area contributed by atoms with E-state index in [0.29, 0.717) is 39.3 Å². The second kappa shape index (κ2) is 9.71. The van der Waals surface area contributed by atoms with Gasteiger partial charge in [0.25, 0.3) is 0 Å². The van der Waals surface area contributed by atoms with Crippen LogP contribution in [0.15, 0.2) is 30.3 Å². The van der Waals surface area contributed by atoms with Crippen molar-refractivity contribution >= 4 is 11.9 Å². The van der Waals surface area contributed by atoms with Crippen LogP contribution in [0.4, 0.5) is 4.79 Å². The van der Waals surface area contributed by atoms with Crippen LogP contribution in [0, 0.1) is 0 Å². The van der Waals surface area contributed by atoms with Crippen molar-refractivity contribution < 1.29 is 9.59 Å². The highest BCUT2D eigenvalue weighted by Gasteiger charge is 2.26. The molecule has 1 N–H and O–H groups in total. The van der Waals surface area contributed by atoms with Gasteiger partial charge in [-0.05, 0) is 12.5 Å². The van der Waals surface area contributed by atoms with E-state index >= 15 is 0 Å². The Morgan fingerprint density at radius 1 is 0.852 bits per heavy atom. The summed E-state index contributed by atoms with van der Waals surface area (Å²) in [6.45, 7) is 10.3. The minimum atomic E-state index is -0.0286. The molecule has 0 bridgehead atoms. The summed E-state index contributed by atoms with van der Waals surface area (Å²) in [6.07, 6.45) is 0. The van der Waals surface area contributed by atoms with Crippen molar-refractivity contribution in [2.45, 2.75) is 13.5 Å². The largest absolute Gasteiger partial charge is 0.338 e. The summed E-state index contributed by atoms with van der Waals surface area (Å²) >= 11 is 0. The molecule has 2 aliphatic rings. The van der Waals surface area contributed by atoms with Crippen molar-refractivity contribution in [1.29, 1.82) is 0 Å². The summed E-state index contributed by atoms with van der Waals surface area (Å²) < 4.78 is 0. The SMILES string of the molecule is CCNC(=O)N1CCN(C(=O)CN2CCN(Cc3ccccc3)CC2)CC1. The zero-order valence-corrected chi connectivity index (χ0v) is 16.3. The molecule has 2 aliphatic heterocycles. The number of hydrogen-bond donors (Lipinski definition) is 1. The summed E-state index contributed by atoms with van der Waals surface area (Å²) in [6, 6.07) is 10.5. The maximum absolute atomic E-state index is 12.6. The van der Waals surface area contributed by atoms with Gasteiger partial charge in [-0.3, -0.25) is 14.6 Å². The molecule has 2 fully saturated rings. The molecular formula is C20H31N5O2. The molecule has 2 heterocycles. The molecule has 148 valence electrons. The Balaban J connectivity index is 1.37. The molecule has 1 aromatic rings. The quantitative estimate of drug-likeness (QED) is 0.825. The van der Waals surface area contributed by atoms with Crippen molar-refractivity contribution in [1.82, 2.24) is 24.9 Å². The number of carbonyl (C=O) groups is 2. The Kier molecular flexibility index (Phi) is 7.06. The van der Waals surface area contributed by atoms with E-state index in [1.807, 2.05) is 17.9 Å². The number of amides is 3. The number of piperazine rings is 2. The van der Waals surface area contributed by atoms with Gasteiger partial charge in [-0.2, -0.15) is 0 Å². The topological polar surface area (TPSA) is 59.1 Å². The molecule has 0 aromatic heterocycles. The first-order valence-electron chi connectivity index (χ1n) is 9.95. The molecule has 0 unspecified atom stereocenters. The fourth-order valence-electron chi connectivity index (χ4n) is 3.66. The lowest BCUT2D eigenvalue weighted by atomic mass is 10.2. The van der Waals surface area contributed by atoms with Gasteiger partial charge in [0.1, 0.15) is 0 Å². The smallest absolute Gasteiger partial charge is 0.317 e. The van der Waals surface area contributed by atoms with Crippen LogP contribution in [-0.4, -0.2) is 97.0 Å². The first-order chi connectivity index (χ1) is 13.2. The van der Waals surface area contributed by atoms with Gasteiger partial charge in [-0.1, -0.05) is 30.3 Å². The normalized spacial score (nSPS) is 19.1. The number of nitrogens with one attached hydrogen (secondary N) is 1. The molecule has 1 aromatic carbocycles. The average molecular weight is 374 g/mol. The molecule has 7 heteroatoms. The lowest BCUT2D eigenvalue weighted by Gasteiger charge is -2.38. The van der Waals surface area contributed by atoms with Gasteiger partial charge in [-0.15, -0.1) is 0 Å². The van der Waals surface area contributed by atoms with Crippen LogP contribution in [0.1, 0.15) is 12.5 Å². The van der Waals surface area contributed by atoms with Crippen LogP contribution in [0.2, 0.25) is 0 Å². The molecule has 2 saturated heterocycles. The number of urea groups is 1. The van der Waals surface area contributed by atoms with E-state index in [0.717, 1.165) is 32.7 Å². The Bertz CT molecular complexity index is 608. The van der Waals surface area contributed by atoms with E-state index in [9.17, 15) is 9.59 Å². The summed E-state index contributed by atoms with van der Waals surface area (Å²) in [5.74, 6) is 0.182. The third-order valence-electron chi connectivity index (χ3n) is 5.32. The molecule has 0 radical (unpaired) electrons. The van der Waals surface area contributed by atoms with E-state index in [2.05, 4.69) is 39.4 Å². The van der Waals surface area contributed by atoms with E-state index in [-0.39, 0.29) is 11.9 Å². The maximum atomic E-state index is 12.6. The number of rotatable bonds is 5. The maximum Gasteiger partial charge on any atom is 0.317 e. The second-order valence-electron chi connectivity index (χ2n) is 7.24. The molecule has 3 rings (SSSR count). The Hall–Kier alpha value is -2.12. The number of benzene rings is 1. The summed E-state index contributed by atoms with van der Waals surface area (Å²) in [5, 5.41) is 2.82. The van der Waals surface area contributed by atoms with Crippen LogP contribution in [0.5, 0.6) is 0 Å². The highest BCUT2D eigenvalue weighted by Crippen LogP contribution is 2.09. The first-order valence-corrected chi connectivity index (χ1v) is 9.95. The van der Waals surface area contributed by atoms with Gasteiger partial charge >= 0.3 is 6.03 Å². The first kappa shape index (κ1) is 19.6. The van der Waals surface area contributed by atoms with Crippen LogP contribution >= 0.6 is 0 Å². The highest BCUT2D eigenvalue weighted by molar-refractivity contribution is 5.79. The van der Waals surface area contributed by atoms with Crippen molar-refractivity contribution in [2.24, 2.45) is 0 Å². The van der Waals surface area contributed by atoms with E-state index < -0.39 is 0 Å². The minimum Gasteiger partial charge on any atom is -0.338 e. The second-order valence-corrected chi connectivity index (χ2v) is 7.24. The minimum absolute atomic E-state index is 0.0286. The fourth-order valence-corrected chi connectivity index (χ4v) is 3.66. The number of hydrogen-bond acceptors (Lipinski definition) is 4. The van der Waals surface area contributed by atoms with Crippen LogP contribution in [0.3, 0.4) is 0 Å². The Morgan fingerprint density at radius 3 is 2.07 bits per heavy atom. The average Bonchev–Trinajstić information content (AvgIpc) is 2.70. The van der Waals surface area contributed by atoms with Gasteiger partial charge in [-0.25, -0.2) is 4.79 Å². The van der Waals surface area contributed by atoms with Crippen molar-refractivity contribution in [3.05, 3.63) is 35.9 Å². The predicted molar refractivity (Wildman–Crippen MR) is 105 cm³/mol. The zero-order valence-electron chi connectivity index (χ0n) is 16.3.